The van der Waals surface area contributed by atoms with Gasteiger partial charge in [-0.15, -0.1) is 0 Å². The van der Waals surface area contributed by atoms with Crippen molar-refractivity contribution >= 4 is 27.8 Å². The zero-order valence-electron chi connectivity index (χ0n) is 23.4. The number of nitrogens with zero attached hydrogens (tertiary/aromatic N) is 5. The van der Waals surface area contributed by atoms with E-state index in [1.807, 2.05) is 36.5 Å². The molecule has 0 aliphatic carbocycles. The van der Waals surface area contributed by atoms with Crippen LogP contribution in [-0.4, -0.2) is 61.3 Å². The van der Waals surface area contributed by atoms with E-state index in [2.05, 4.69) is 32.7 Å². The van der Waals surface area contributed by atoms with Crippen molar-refractivity contribution in [1.82, 2.24) is 24.4 Å². The molecule has 0 radical (unpaired) electrons. The highest BCUT2D eigenvalue weighted by molar-refractivity contribution is 5.92. The number of likely N-dealkylation sites (tertiary alicyclic amines) is 1. The monoisotopic (exact) mass is 563 g/mol. The maximum atomic E-state index is 11.6. The molecule has 2 aromatic carbocycles. The first-order valence-electron chi connectivity index (χ1n) is 14.6. The van der Waals surface area contributed by atoms with Crippen molar-refractivity contribution in [2.45, 2.75) is 51.0 Å². The lowest BCUT2D eigenvalue weighted by molar-refractivity contribution is -0.0592. The van der Waals surface area contributed by atoms with Gasteiger partial charge < -0.3 is 19.1 Å². The summed E-state index contributed by atoms with van der Waals surface area (Å²) in [6, 6.07) is 19.4. The van der Waals surface area contributed by atoms with Gasteiger partial charge in [0.15, 0.2) is 0 Å². The van der Waals surface area contributed by atoms with E-state index in [4.69, 9.17) is 19.4 Å². The van der Waals surface area contributed by atoms with Gasteiger partial charge in [0.1, 0.15) is 12.4 Å². The molecule has 1 atom stereocenters. The summed E-state index contributed by atoms with van der Waals surface area (Å²) in [4.78, 5) is 28.1. The van der Waals surface area contributed by atoms with E-state index in [1.54, 1.807) is 18.3 Å². The van der Waals surface area contributed by atoms with Crippen LogP contribution in [-0.2, 0) is 24.4 Å². The fraction of sp³-hybridized carbons (Fsp3) is 0.333. The average Bonchev–Trinajstić information content (AvgIpc) is 3.34. The second-order valence-corrected chi connectivity index (χ2v) is 11.2. The zero-order chi connectivity index (χ0) is 28.5. The predicted molar refractivity (Wildman–Crippen MR) is 159 cm³/mol. The van der Waals surface area contributed by atoms with Crippen LogP contribution in [0.4, 0.5) is 0 Å². The normalized spacial score (nSPS) is 17.9. The number of hydrogen-bond donors (Lipinski definition) is 1. The molecule has 5 heterocycles. The van der Waals surface area contributed by atoms with Crippen LogP contribution in [0.3, 0.4) is 0 Å². The number of pyridine rings is 2. The molecular formula is C33H33N5O4. The molecule has 7 rings (SSSR count). The van der Waals surface area contributed by atoms with E-state index in [-0.39, 0.29) is 11.7 Å². The maximum absolute atomic E-state index is 11.6. The van der Waals surface area contributed by atoms with Crippen molar-refractivity contribution in [3.05, 3.63) is 95.7 Å². The minimum absolute atomic E-state index is 0.151. The quantitative estimate of drug-likeness (QED) is 0.254. The average molecular weight is 564 g/mol. The summed E-state index contributed by atoms with van der Waals surface area (Å²) in [6.07, 6.45) is 6.85. The molecule has 0 unspecified atom stereocenters. The number of ether oxygens (including phenoxy) is 2. The Bertz CT molecular complexity index is 1730. The molecule has 0 spiro atoms. The number of benzene rings is 2. The van der Waals surface area contributed by atoms with Crippen molar-refractivity contribution in [2.24, 2.45) is 0 Å². The number of aromatic nitrogens is 4. The van der Waals surface area contributed by atoms with E-state index in [1.165, 1.54) is 0 Å². The molecule has 2 fully saturated rings. The molecule has 9 nitrogen and oxygen atoms in total. The summed E-state index contributed by atoms with van der Waals surface area (Å²) < 4.78 is 14.0. The fourth-order valence-electron chi connectivity index (χ4n) is 6.04. The van der Waals surface area contributed by atoms with Gasteiger partial charge >= 0.3 is 5.97 Å². The number of carbonyl (C=O) groups is 1. The second kappa shape index (κ2) is 11.5. The molecular weight excluding hydrogens is 530 g/mol. The van der Waals surface area contributed by atoms with Crippen LogP contribution in [0.25, 0.3) is 21.8 Å². The topological polar surface area (TPSA) is 103 Å². The van der Waals surface area contributed by atoms with Crippen LogP contribution < -0.4 is 4.74 Å². The van der Waals surface area contributed by atoms with E-state index < -0.39 is 5.97 Å². The van der Waals surface area contributed by atoms with E-state index in [9.17, 15) is 9.90 Å². The molecule has 2 saturated heterocycles. The van der Waals surface area contributed by atoms with Crippen LogP contribution in [0.15, 0.2) is 73.1 Å². The Morgan fingerprint density at radius 1 is 1.02 bits per heavy atom. The minimum atomic E-state index is -0.929. The van der Waals surface area contributed by atoms with Gasteiger partial charge in [0.05, 0.1) is 35.8 Å². The summed E-state index contributed by atoms with van der Waals surface area (Å²) >= 11 is 0. The highest BCUT2D eigenvalue weighted by Gasteiger charge is 2.26. The van der Waals surface area contributed by atoms with Gasteiger partial charge in [-0.1, -0.05) is 24.3 Å². The van der Waals surface area contributed by atoms with Crippen molar-refractivity contribution < 1.29 is 19.4 Å². The molecule has 0 saturated carbocycles. The first kappa shape index (κ1) is 26.6. The maximum Gasteiger partial charge on any atom is 0.335 e. The molecule has 5 aromatic rings. The van der Waals surface area contributed by atoms with Gasteiger partial charge in [0.25, 0.3) is 0 Å². The summed E-state index contributed by atoms with van der Waals surface area (Å²) in [5.41, 5.74) is 4.12. The number of rotatable bonds is 9. The van der Waals surface area contributed by atoms with E-state index in [0.717, 1.165) is 77.8 Å². The Hall–Kier alpha value is -4.34. The Kier molecular flexibility index (Phi) is 7.27. The summed E-state index contributed by atoms with van der Waals surface area (Å²) in [7, 11) is 0. The molecule has 0 bridgehead atoms. The van der Waals surface area contributed by atoms with Gasteiger partial charge in [0, 0.05) is 42.1 Å². The summed E-state index contributed by atoms with van der Waals surface area (Å²) in [5.74, 6) is 1.04. The summed E-state index contributed by atoms with van der Waals surface area (Å²) in [6.45, 7) is 4.50. The van der Waals surface area contributed by atoms with Crippen LogP contribution in [0.1, 0.15) is 52.6 Å². The Balaban J connectivity index is 1.01. The van der Waals surface area contributed by atoms with Crippen LogP contribution in [0, 0.1) is 0 Å². The predicted octanol–water partition coefficient (Wildman–Crippen LogP) is 5.43. The third kappa shape index (κ3) is 5.45. The molecule has 214 valence electrons. The van der Waals surface area contributed by atoms with Crippen molar-refractivity contribution in [3.8, 4) is 5.88 Å². The van der Waals surface area contributed by atoms with Crippen LogP contribution >= 0.6 is 0 Å². The highest BCUT2D eigenvalue weighted by Crippen LogP contribution is 2.30. The Labute approximate surface area is 243 Å². The number of fused-ring (bicyclic) bond motifs is 2. The molecule has 1 N–H and O–H groups in total. The zero-order valence-corrected chi connectivity index (χ0v) is 23.4. The lowest BCUT2D eigenvalue weighted by Gasteiger charge is -2.32. The first-order chi connectivity index (χ1) is 20.6. The van der Waals surface area contributed by atoms with Crippen molar-refractivity contribution in [3.63, 3.8) is 0 Å². The number of imidazole rings is 1. The van der Waals surface area contributed by atoms with Gasteiger partial charge in [-0.3, -0.25) is 9.88 Å². The molecule has 42 heavy (non-hydrogen) atoms. The molecule has 3 aromatic heterocycles. The minimum Gasteiger partial charge on any atom is -0.478 e. The molecule has 2 aliphatic rings. The number of carboxylic acids is 1. The number of carboxylic acid groups (broad SMARTS) is 1. The third-order valence-electron chi connectivity index (χ3n) is 8.52. The highest BCUT2D eigenvalue weighted by atomic mass is 16.5. The molecule has 2 aliphatic heterocycles. The molecule has 0 amide bonds. The smallest absolute Gasteiger partial charge is 0.335 e. The Morgan fingerprint density at radius 2 is 1.88 bits per heavy atom. The largest absolute Gasteiger partial charge is 0.478 e. The first-order valence-corrected chi connectivity index (χ1v) is 14.6. The van der Waals surface area contributed by atoms with E-state index >= 15 is 0 Å². The fourth-order valence-corrected chi connectivity index (χ4v) is 6.04. The standard InChI is InChI=1S/C33H33N5O4/c39-33(40)24-7-8-29-30(17-24)38(19-26-12-16-41-26)31(35-29)20-37-14-10-23(11-15-37)28-5-2-6-32(36-28)42-21-25-4-1-3-22-9-13-34-18-27(22)25/h1-9,13,17-18,23,26H,10-12,14-16,19-21H2,(H,39,40)/t26-/m0/s1. The lowest BCUT2D eigenvalue weighted by Crippen LogP contribution is -2.35. The molecule has 9 heteroatoms. The summed E-state index contributed by atoms with van der Waals surface area (Å²) in [5, 5.41) is 11.8. The lowest BCUT2D eigenvalue weighted by atomic mass is 9.93. The van der Waals surface area contributed by atoms with Gasteiger partial charge in [0.2, 0.25) is 5.88 Å². The van der Waals surface area contributed by atoms with Crippen molar-refractivity contribution in [1.29, 1.82) is 0 Å². The number of piperidine rings is 1. The van der Waals surface area contributed by atoms with Gasteiger partial charge in [-0.05, 0) is 73.6 Å². The van der Waals surface area contributed by atoms with Crippen LogP contribution in [0.5, 0.6) is 5.88 Å². The second-order valence-electron chi connectivity index (χ2n) is 11.2. The number of hydrogen-bond acceptors (Lipinski definition) is 7. The third-order valence-corrected chi connectivity index (χ3v) is 8.52. The van der Waals surface area contributed by atoms with Crippen molar-refractivity contribution in [2.75, 3.05) is 19.7 Å². The SMILES string of the molecule is O=C(O)c1ccc2nc(CN3CCC(c4cccc(OCc5cccc6ccncc56)n4)CC3)n(C[C@@H]3CCO3)c2c1. The van der Waals surface area contributed by atoms with E-state index in [0.29, 0.717) is 31.5 Å². The number of aromatic carboxylic acids is 1. The van der Waals surface area contributed by atoms with Crippen LogP contribution in [0.2, 0.25) is 0 Å². The van der Waals surface area contributed by atoms with Gasteiger partial charge in [-0.2, -0.15) is 0 Å². The Morgan fingerprint density at radius 3 is 2.69 bits per heavy atom. The van der Waals surface area contributed by atoms with Gasteiger partial charge in [-0.25, -0.2) is 14.8 Å².